The third-order valence-corrected chi connectivity index (χ3v) is 2.64. The van der Waals surface area contributed by atoms with Gasteiger partial charge >= 0.3 is 17.9 Å². The van der Waals surface area contributed by atoms with Crippen LogP contribution in [0.3, 0.4) is 0 Å². The predicted molar refractivity (Wildman–Crippen MR) is 63.5 cm³/mol. The van der Waals surface area contributed by atoms with E-state index >= 15 is 0 Å². The molecule has 1 aliphatic heterocycles. The first-order valence-corrected chi connectivity index (χ1v) is 6.17. The highest BCUT2D eigenvalue weighted by molar-refractivity contribution is 5.67. The van der Waals surface area contributed by atoms with Crippen LogP contribution in [0.5, 0.6) is 0 Å². The van der Waals surface area contributed by atoms with Gasteiger partial charge < -0.3 is 24.1 Å². The fourth-order valence-corrected chi connectivity index (χ4v) is 1.86. The third kappa shape index (κ3) is 4.94. The van der Waals surface area contributed by atoms with Crippen LogP contribution in [0.1, 0.15) is 20.8 Å². The second-order valence-corrected chi connectivity index (χ2v) is 4.46. The first kappa shape index (κ1) is 17.3. The van der Waals surface area contributed by atoms with Crippen molar-refractivity contribution in [2.75, 3.05) is 6.61 Å². The first-order chi connectivity index (χ1) is 9.72. The molecule has 0 aromatic heterocycles. The van der Waals surface area contributed by atoms with Crippen LogP contribution in [0.2, 0.25) is 0 Å². The summed E-state index contributed by atoms with van der Waals surface area (Å²) in [6.07, 6.45) is -8.12. The van der Waals surface area contributed by atoms with Gasteiger partial charge in [0.2, 0.25) is 0 Å². The maximum atomic E-state index is 14.3. The van der Waals surface area contributed by atoms with Crippen LogP contribution in [-0.2, 0) is 33.3 Å². The molecule has 8 nitrogen and oxygen atoms in total. The largest absolute Gasteiger partial charge is 0.463 e. The Morgan fingerprint density at radius 2 is 1.57 bits per heavy atom. The maximum Gasteiger partial charge on any atom is 0.303 e. The Hall–Kier alpha value is -1.74. The molecule has 0 aliphatic carbocycles. The van der Waals surface area contributed by atoms with E-state index in [-0.39, 0.29) is 0 Å². The lowest BCUT2D eigenvalue weighted by Gasteiger charge is -2.39. The summed E-state index contributed by atoms with van der Waals surface area (Å²) in [5.41, 5.74) is 0. The Kier molecular flexibility index (Phi) is 6.03. The van der Waals surface area contributed by atoms with Gasteiger partial charge in [0.1, 0.15) is 12.7 Å². The zero-order valence-electron chi connectivity index (χ0n) is 11.8. The van der Waals surface area contributed by atoms with Gasteiger partial charge in [0, 0.05) is 20.8 Å². The van der Waals surface area contributed by atoms with Crippen molar-refractivity contribution < 1.29 is 42.8 Å². The van der Waals surface area contributed by atoms with Gasteiger partial charge in [0.25, 0.3) is 0 Å². The quantitative estimate of drug-likeness (QED) is 0.545. The van der Waals surface area contributed by atoms with Crippen LogP contribution in [0.4, 0.5) is 4.39 Å². The highest BCUT2D eigenvalue weighted by Crippen LogP contribution is 2.27. The molecule has 9 heteroatoms. The molecular formula is C12H17FO8. The molecule has 120 valence electrons. The molecule has 1 rings (SSSR count). The van der Waals surface area contributed by atoms with E-state index in [0.717, 1.165) is 20.8 Å². The fraction of sp³-hybridized carbons (Fsp3) is 0.750. The number of hydrogen-bond acceptors (Lipinski definition) is 8. The van der Waals surface area contributed by atoms with Gasteiger partial charge in [0.05, 0.1) is 0 Å². The SMILES string of the molecule is CC(=O)OC[C@H]1O[C@H](O)[C@H](OC(C)=O)[C@H](F)[C@@H]1OC(C)=O. The van der Waals surface area contributed by atoms with Crippen LogP contribution < -0.4 is 0 Å². The minimum Gasteiger partial charge on any atom is -0.463 e. The fourth-order valence-electron chi connectivity index (χ4n) is 1.86. The minimum atomic E-state index is -2.03. The maximum absolute atomic E-state index is 14.3. The molecular weight excluding hydrogens is 291 g/mol. The number of carbonyl (C=O) groups is 3. The number of aliphatic hydroxyl groups excluding tert-OH is 1. The average molecular weight is 308 g/mol. The molecule has 0 unspecified atom stereocenters. The van der Waals surface area contributed by atoms with Crippen LogP contribution >= 0.6 is 0 Å². The van der Waals surface area contributed by atoms with Crippen molar-refractivity contribution in [3.05, 3.63) is 0 Å². The number of carbonyl (C=O) groups excluding carboxylic acids is 3. The number of rotatable bonds is 4. The molecule has 0 aromatic rings. The van der Waals surface area contributed by atoms with Crippen LogP contribution in [-0.4, -0.2) is 60.4 Å². The monoisotopic (exact) mass is 308 g/mol. The summed E-state index contributed by atoms with van der Waals surface area (Å²) in [7, 11) is 0. The van der Waals surface area contributed by atoms with Crippen LogP contribution in [0, 0.1) is 0 Å². The minimum absolute atomic E-state index is 0.419. The van der Waals surface area contributed by atoms with E-state index in [1.165, 1.54) is 0 Å². The lowest BCUT2D eigenvalue weighted by atomic mass is 10.00. The van der Waals surface area contributed by atoms with Crippen molar-refractivity contribution in [2.45, 2.75) is 51.5 Å². The zero-order valence-corrected chi connectivity index (χ0v) is 11.8. The third-order valence-electron chi connectivity index (χ3n) is 2.64. The van der Waals surface area contributed by atoms with Crippen molar-refractivity contribution >= 4 is 17.9 Å². The standard InChI is InChI=1S/C12H17FO8/c1-5(14)18-4-8-10(19-6(2)15)9(13)11(12(17)21-8)20-7(3)16/h8-12,17H,4H2,1-3H3/t8-,9-,10-,11-,12+/m1/s1. The summed E-state index contributed by atoms with van der Waals surface area (Å²) in [4.78, 5) is 32.7. The smallest absolute Gasteiger partial charge is 0.303 e. The number of hydrogen-bond donors (Lipinski definition) is 1. The van der Waals surface area contributed by atoms with E-state index in [4.69, 9.17) is 9.47 Å². The van der Waals surface area contributed by atoms with Crippen molar-refractivity contribution in [3.63, 3.8) is 0 Å². The molecule has 0 bridgehead atoms. The number of alkyl halides is 1. The van der Waals surface area contributed by atoms with E-state index in [1.54, 1.807) is 0 Å². The molecule has 1 heterocycles. The Morgan fingerprint density at radius 1 is 1.05 bits per heavy atom. The molecule has 1 fully saturated rings. The lowest BCUT2D eigenvalue weighted by Crippen LogP contribution is -2.59. The number of ether oxygens (including phenoxy) is 4. The number of aliphatic hydroxyl groups is 1. The average Bonchev–Trinajstić information content (AvgIpc) is 2.35. The molecule has 1 N–H and O–H groups in total. The lowest BCUT2D eigenvalue weighted by molar-refractivity contribution is -0.283. The Balaban J connectivity index is 2.86. The molecule has 0 radical (unpaired) electrons. The topological polar surface area (TPSA) is 108 Å². The van der Waals surface area contributed by atoms with Crippen LogP contribution in [0.15, 0.2) is 0 Å². The summed E-state index contributed by atoms with van der Waals surface area (Å²) >= 11 is 0. The van der Waals surface area contributed by atoms with E-state index in [2.05, 4.69) is 9.47 Å². The van der Waals surface area contributed by atoms with Gasteiger partial charge in [-0.05, 0) is 0 Å². The van der Waals surface area contributed by atoms with Crippen molar-refractivity contribution in [1.82, 2.24) is 0 Å². The second kappa shape index (κ2) is 7.32. The van der Waals surface area contributed by atoms with E-state index in [0.29, 0.717) is 0 Å². The van der Waals surface area contributed by atoms with E-state index in [9.17, 15) is 23.9 Å². The summed E-state index contributed by atoms with van der Waals surface area (Å²) in [5.74, 6) is -2.27. The second-order valence-electron chi connectivity index (χ2n) is 4.46. The highest BCUT2D eigenvalue weighted by atomic mass is 19.1. The van der Waals surface area contributed by atoms with Gasteiger partial charge in [-0.2, -0.15) is 0 Å². The van der Waals surface area contributed by atoms with Crippen LogP contribution in [0.25, 0.3) is 0 Å². The first-order valence-electron chi connectivity index (χ1n) is 6.17. The Bertz CT molecular complexity index is 410. The van der Waals surface area contributed by atoms with E-state index in [1.807, 2.05) is 0 Å². The van der Waals surface area contributed by atoms with Gasteiger partial charge in [-0.1, -0.05) is 0 Å². The summed E-state index contributed by atoms with van der Waals surface area (Å²) in [6, 6.07) is 0. The summed E-state index contributed by atoms with van der Waals surface area (Å²) in [5, 5.41) is 9.66. The summed E-state index contributed by atoms with van der Waals surface area (Å²) < 4.78 is 33.4. The predicted octanol–water partition coefficient (Wildman–Crippen LogP) is -0.532. The van der Waals surface area contributed by atoms with Crippen molar-refractivity contribution in [3.8, 4) is 0 Å². The van der Waals surface area contributed by atoms with E-state index < -0.39 is 55.3 Å². The van der Waals surface area contributed by atoms with Gasteiger partial charge in [-0.25, -0.2) is 4.39 Å². The molecule has 0 spiro atoms. The number of halogens is 1. The molecule has 1 saturated heterocycles. The number of esters is 3. The van der Waals surface area contributed by atoms with Crippen molar-refractivity contribution in [2.24, 2.45) is 0 Å². The molecule has 1 aliphatic rings. The molecule has 0 aromatic carbocycles. The van der Waals surface area contributed by atoms with Crippen molar-refractivity contribution in [1.29, 1.82) is 0 Å². The molecule has 0 saturated carbocycles. The van der Waals surface area contributed by atoms with Gasteiger partial charge in [-0.3, -0.25) is 14.4 Å². The normalized spacial score (nSPS) is 32.1. The zero-order chi connectivity index (χ0) is 16.2. The van der Waals surface area contributed by atoms with Gasteiger partial charge in [0.15, 0.2) is 24.7 Å². The highest BCUT2D eigenvalue weighted by Gasteiger charge is 2.50. The van der Waals surface area contributed by atoms with Gasteiger partial charge in [-0.15, -0.1) is 0 Å². The Morgan fingerprint density at radius 3 is 2.05 bits per heavy atom. The molecule has 21 heavy (non-hydrogen) atoms. The molecule has 0 amide bonds. The molecule has 5 atom stereocenters. The Labute approximate surface area is 120 Å². The summed E-state index contributed by atoms with van der Waals surface area (Å²) in [6.45, 7) is 2.80.